The van der Waals surface area contributed by atoms with Gasteiger partial charge in [0.15, 0.2) is 0 Å². The Bertz CT molecular complexity index is 935. The fourth-order valence-electron chi connectivity index (χ4n) is 3.56. The van der Waals surface area contributed by atoms with Crippen molar-refractivity contribution in [3.05, 3.63) is 18.2 Å². The molecule has 2 rings (SSSR count). The maximum absolute atomic E-state index is 12.9. The van der Waals surface area contributed by atoms with E-state index in [1.165, 1.54) is 17.4 Å². The van der Waals surface area contributed by atoms with Crippen LogP contribution in [0.15, 0.2) is 12.5 Å². The van der Waals surface area contributed by atoms with E-state index < -0.39 is 72.6 Å². The zero-order valence-electron chi connectivity index (χ0n) is 18.1. The van der Waals surface area contributed by atoms with Gasteiger partial charge in [-0.3, -0.25) is 24.0 Å². The van der Waals surface area contributed by atoms with Gasteiger partial charge in [0, 0.05) is 24.9 Å². The highest BCUT2D eigenvalue weighted by molar-refractivity contribution is 5.96. The number of rotatable bonds is 12. The molecule has 1 aliphatic heterocycles. The summed E-state index contributed by atoms with van der Waals surface area (Å²) >= 11 is 0. The molecular weight excluding hydrogens is 454 g/mol. The van der Waals surface area contributed by atoms with E-state index in [2.05, 4.69) is 15.3 Å². The van der Waals surface area contributed by atoms with Crippen molar-refractivity contribution in [2.24, 2.45) is 11.5 Å². The Labute approximate surface area is 193 Å². The first-order valence-electron chi connectivity index (χ1n) is 10.4. The van der Waals surface area contributed by atoms with Crippen molar-refractivity contribution in [2.45, 2.75) is 56.3 Å². The highest BCUT2D eigenvalue weighted by atomic mass is 16.4. The van der Waals surface area contributed by atoms with E-state index in [-0.39, 0.29) is 19.4 Å². The average Bonchev–Trinajstić information content (AvgIpc) is 3.43. The number of amides is 4. The van der Waals surface area contributed by atoms with E-state index in [0.717, 1.165) is 0 Å². The summed E-state index contributed by atoms with van der Waals surface area (Å²) in [7, 11) is 0. The van der Waals surface area contributed by atoms with Crippen LogP contribution in [0.1, 0.15) is 31.4 Å². The van der Waals surface area contributed by atoms with E-state index in [0.29, 0.717) is 12.1 Å². The quantitative estimate of drug-likeness (QED) is 0.156. The van der Waals surface area contributed by atoms with Crippen LogP contribution in [0, 0.1) is 0 Å². The first-order valence-corrected chi connectivity index (χ1v) is 10.4. The lowest BCUT2D eigenvalue weighted by Crippen LogP contribution is -2.57. The molecule has 186 valence electrons. The Morgan fingerprint density at radius 3 is 2.41 bits per heavy atom. The number of H-pyrrole nitrogens is 1. The number of likely N-dealkylation sites (tertiary alicyclic amines) is 1. The molecule has 1 aromatic rings. The van der Waals surface area contributed by atoms with Crippen LogP contribution in [0.4, 0.5) is 0 Å². The normalized spacial score (nSPS) is 17.9. The number of nitrogens with one attached hydrogen (secondary N) is 3. The molecule has 1 fully saturated rings. The molecule has 15 heteroatoms. The monoisotopic (exact) mass is 481 g/mol. The smallest absolute Gasteiger partial charge is 0.326 e. The molecule has 0 bridgehead atoms. The molecule has 4 unspecified atom stereocenters. The third-order valence-corrected chi connectivity index (χ3v) is 5.18. The summed E-state index contributed by atoms with van der Waals surface area (Å²) in [4.78, 5) is 79.7. The number of nitrogens with two attached hydrogens (primary N) is 2. The minimum Gasteiger partial charge on any atom is -0.481 e. The summed E-state index contributed by atoms with van der Waals surface area (Å²) in [5.41, 5.74) is 11.8. The number of carbonyl (C=O) groups is 6. The van der Waals surface area contributed by atoms with Gasteiger partial charge in [0.25, 0.3) is 0 Å². The Hall–Kier alpha value is -4.01. The number of carboxylic acids is 2. The van der Waals surface area contributed by atoms with Crippen molar-refractivity contribution >= 4 is 35.6 Å². The van der Waals surface area contributed by atoms with E-state index in [4.69, 9.17) is 21.7 Å². The van der Waals surface area contributed by atoms with E-state index in [1.807, 2.05) is 5.32 Å². The van der Waals surface area contributed by atoms with Crippen molar-refractivity contribution in [1.82, 2.24) is 25.5 Å². The first kappa shape index (κ1) is 26.2. The van der Waals surface area contributed by atoms with Gasteiger partial charge in [-0.05, 0) is 12.8 Å². The van der Waals surface area contributed by atoms with Crippen molar-refractivity contribution in [3.63, 3.8) is 0 Å². The lowest BCUT2D eigenvalue weighted by molar-refractivity contribution is -0.147. The molecule has 15 nitrogen and oxygen atoms in total. The van der Waals surface area contributed by atoms with E-state index >= 15 is 0 Å². The zero-order chi connectivity index (χ0) is 25.4. The molecule has 0 aromatic carbocycles. The molecule has 4 atom stereocenters. The van der Waals surface area contributed by atoms with Gasteiger partial charge in [-0.1, -0.05) is 0 Å². The van der Waals surface area contributed by atoms with Gasteiger partial charge < -0.3 is 42.2 Å². The van der Waals surface area contributed by atoms with Gasteiger partial charge in [-0.25, -0.2) is 9.78 Å². The second-order valence-corrected chi connectivity index (χ2v) is 7.81. The lowest BCUT2D eigenvalue weighted by Gasteiger charge is -2.28. The summed E-state index contributed by atoms with van der Waals surface area (Å²) in [5, 5.41) is 22.2. The number of hydrogen-bond acceptors (Lipinski definition) is 8. The Kier molecular flexibility index (Phi) is 9.06. The molecule has 1 saturated heterocycles. The van der Waals surface area contributed by atoms with Crippen LogP contribution < -0.4 is 22.1 Å². The Morgan fingerprint density at radius 1 is 1.15 bits per heavy atom. The van der Waals surface area contributed by atoms with Crippen LogP contribution in [0.5, 0.6) is 0 Å². The lowest BCUT2D eigenvalue weighted by atomic mass is 10.1. The van der Waals surface area contributed by atoms with Crippen LogP contribution in [0.25, 0.3) is 0 Å². The molecule has 34 heavy (non-hydrogen) atoms. The van der Waals surface area contributed by atoms with Gasteiger partial charge in [0.1, 0.15) is 18.1 Å². The third-order valence-electron chi connectivity index (χ3n) is 5.18. The molecule has 2 heterocycles. The number of imidazole rings is 1. The second-order valence-electron chi connectivity index (χ2n) is 7.81. The number of hydrogen-bond donors (Lipinski definition) is 7. The predicted octanol–water partition coefficient (Wildman–Crippen LogP) is -3.33. The Morgan fingerprint density at radius 2 is 1.85 bits per heavy atom. The molecule has 4 amide bonds. The van der Waals surface area contributed by atoms with Crippen molar-refractivity contribution in [3.8, 4) is 0 Å². The molecule has 1 aliphatic rings. The first-order chi connectivity index (χ1) is 16.0. The fraction of sp³-hybridized carbons (Fsp3) is 0.526. The highest BCUT2D eigenvalue weighted by Gasteiger charge is 2.38. The molecular formula is C19H27N7O8. The maximum atomic E-state index is 12.9. The minimum atomic E-state index is -1.79. The van der Waals surface area contributed by atoms with Crippen molar-refractivity contribution in [1.29, 1.82) is 0 Å². The number of primary amides is 1. The van der Waals surface area contributed by atoms with Gasteiger partial charge in [0.2, 0.25) is 23.6 Å². The summed E-state index contributed by atoms with van der Waals surface area (Å²) in [5.74, 6) is -6.41. The molecule has 0 aliphatic carbocycles. The van der Waals surface area contributed by atoms with Gasteiger partial charge in [-0.15, -0.1) is 0 Å². The van der Waals surface area contributed by atoms with Crippen LogP contribution in [0.3, 0.4) is 0 Å². The standard InChI is InChI=1S/C19H27N7O8/c20-10(4-9-7-22-8-23-9)18(32)26-3-1-2-13(26)17(31)24-11(5-14(21)27)16(30)25-12(19(33)34)6-15(28)29/h7-8,10-13H,1-6,20H2,(H2,21,27)(H,22,23)(H,24,31)(H,25,30)(H,28,29)(H,33,34). The Balaban J connectivity index is 2.08. The number of carboxylic acid groups (broad SMARTS) is 2. The van der Waals surface area contributed by atoms with Crippen molar-refractivity contribution in [2.75, 3.05) is 6.54 Å². The summed E-state index contributed by atoms with van der Waals surface area (Å²) in [6.07, 6.45) is 2.30. The fourth-order valence-corrected chi connectivity index (χ4v) is 3.56. The molecule has 0 spiro atoms. The third kappa shape index (κ3) is 7.26. The average molecular weight is 481 g/mol. The number of carbonyl (C=O) groups excluding carboxylic acids is 4. The molecule has 1 aromatic heterocycles. The van der Waals surface area contributed by atoms with Crippen LogP contribution >= 0.6 is 0 Å². The van der Waals surface area contributed by atoms with Crippen LogP contribution in [-0.2, 0) is 35.2 Å². The maximum Gasteiger partial charge on any atom is 0.326 e. The second kappa shape index (κ2) is 11.7. The number of aromatic nitrogens is 2. The number of aliphatic carboxylic acids is 2. The van der Waals surface area contributed by atoms with Crippen molar-refractivity contribution < 1.29 is 39.0 Å². The SMILES string of the molecule is NC(=O)CC(NC(=O)C1CCCN1C(=O)C(N)Cc1cnc[nH]1)C(=O)NC(CC(=O)O)C(=O)O. The topological polar surface area (TPSA) is 251 Å². The minimum absolute atomic E-state index is 0.163. The van der Waals surface area contributed by atoms with E-state index in [9.17, 15) is 28.8 Å². The van der Waals surface area contributed by atoms with E-state index in [1.54, 1.807) is 0 Å². The molecule has 0 radical (unpaired) electrons. The van der Waals surface area contributed by atoms with Crippen LogP contribution in [-0.4, -0.2) is 91.4 Å². The number of nitrogens with zero attached hydrogens (tertiary/aromatic N) is 2. The van der Waals surface area contributed by atoms with Gasteiger partial charge >= 0.3 is 11.9 Å². The van der Waals surface area contributed by atoms with Gasteiger partial charge in [-0.2, -0.15) is 0 Å². The summed E-state index contributed by atoms with van der Waals surface area (Å²) < 4.78 is 0. The summed E-state index contributed by atoms with van der Waals surface area (Å²) in [6.45, 7) is 0.250. The molecule has 9 N–H and O–H groups in total. The number of aromatic amines is 1. The predicted molar refractivity (Wildman–Crippen MR) is 113 cm³/mol. The highest BCUT2D eigenvalue weighted by Crippen LogP contribution is 2.19. The molecule has 0 saturated carbocycles. The van der Waals surface area contributed by atoms with Crippen LogP contribution in [0.2, 0.25) is 0 Å². The summed E-state index contributed by atoms with van der Waals surface area (Å²) in [6, 6.07) is -5.29. The largest absolute Gasteiger partial charge is 0.481 e. The van der Waals surface area contributed by atoms with Gasteiger partial charge in [0.05, 0.1) is 25.2 Å². The zero-order valence-corrected chi connectivity index (χ0v) is 18.1.